The Morgan fingerprint density at radius 1 is 1.10 bits per heavy atom. The summed E-state index contributed by atoms with van der Waals surface area (Å²) in [5.74, 6) is -0.476. The van der Waals surface area contributed by atoms with E-state index in [9.17, 15) is 10.1 Å². The number of nitriles is 1. The Hall–Kier alpha value is -2.08. The van der Waals surface area contributed by atoms with Crippen molar-refractivity contribution in [2.24, 2.45) is 0 Å². The second-order valence-corrected chi connectivity index (χ2v) is 5.27. The van der Waals surface area contributed by atoms with Crippen LogP contribution in [0.5, 0.6) is 0 Å². The number of hydrogen-bond acceptors (Lipinski definition) is 2. The lowest BCUT2D eigenvalue weighted by Crippen LogP contribution is -2.04. The Bertz CT molecular complexity index is 752. The molecule has 0 aromatic heterocycles. The van der Waals surface area contributed by atoms with Gasteiger partial charge in [0.1, 0.15) is 11.6 Å². The Morgan fingerprint density at radius 2 is 1.71 bits per heavy atom. The molecule has 0 unspecified atom stereocenters. The highest BCUT2D eigenvalue weighted by Crippen LogP contribution is 2.27. The van der Waals surface area contributed by atoms with Crippen LogP contribution in [0.4, 0.5) is 0 Å². The molecular formula is C17H11Cl2NO. The lowest BCUT2D eigenvalue weighted by molar-refractivity contribution is 0.104. The molecule has 0 aliphatic heterocycles. The molecule has 0 saturated heterocycles. The summed E-state index contributed by atoms with van der Waals surface area (Å²) in [6, 6.07) is 14.2. The van der Waals surface area contributed by atoms with Crippen LogP contribution < -0.4 is 0 Å². The van der Waals surface area contributed by atoms with Crippen molar-refractivity contribution in [3.63, 3.8) is 0 Å². The van der Waals surface area contributed by atoms with Crippen molar-refractivity contribution in [1.82, 2.24) is 0 Å². The minimum absolute atomic E-state index is 0.000648. The number of rotatable bonds is 3. The standard InChI is InChI=1S/C17H11Cl2NO/c1-11-5-2-3-6-12(11)9-13(10-20)17(21)16-14(18)7-4-8-15(16)19/h2-9H,1H3/b13-9+. The van der Waals surface area contributed by atoms with Gasteiger partial charge < -0.3 is 0 Å². The van der Waals surface area contributed by atoms with E-state index in [1.807, 2.05) is 37.3 Å². The van der Waals surface area contributed by atoms with Crippen LogP contribution in [0.15, 0.2) is 48.0 Å². The maximum absolute atomic E-state index is 12.5. The number of carbonyl (C=O) groups excluding carboxylic acids is 1. The number of allylic oxidation sites excluding steroid dienone is 1. The fraction of sp³-hybridized carbons (Fsp3) is 0.0588. The van der Waals surface area contributed by atoms with Gasteiger partial charge in [-0.25, -0.2) is 0 Å². The van der Waals surface area contributed by atoms with E-state index in [1.165, 1.54) is 0 Å². The number of aryl methyl sites for hydroxylation is 1. The summed E-state index contributed by atoms with van der Waals surface area (Å²) in [7, 11) is 0. The zero-order valence-corrected chi connectivity index (χ0v) is 12.7. The molecule has 0 spiro atoms. The monoisotopic (exact) mass is 315 g/mol. The number of nitrogens with zero attached hydrogens (tertiary/aromatic N) is 1. The Morgan fingerprint density at radius 3 is 2.29 bits per heavy atom. The maximum Gasteiger partial charge on any atom is 0.206 e. The van der Waals surface area contributed by atoms with Gasteiger partial charge in [0.05, 0.1) is 15.6 Å². The van der Waals surface area contributed by atoms with Crippen LogP contribution in [0.3, 0.4) is 0 Å². The van der Waals surface area contributed by atoms with E-state index < -0.39 is 5.78 Å². The molecule has 0 atom stereocenters. The lowest BCUT2D eigenvalue weighted by atomic mass is 10.00. The third-order valence-electron chi connectivity index (χ3n) is 3.04. The minimum atomic E-state index is -0.476. The van der Waals surface area contributed by atoms with Crippen LogP contribution in [0.1, 0.15) is 21.5 Å². The summed E-state index contributed by atoms with van der Waals surface area (Å²) in [5.41, 5.74) is 1.94. The number of halogens is 2. The second-order valence-electron chi connectivity index (χ2n) is 4.45. The van der Waals surface area contributed by atoms with Crippen LogP contribution in [0, 0.1) is 18.3 Å². The summed E-state index contributed by atoms with van der Waals surface area (Å²) in [6.45, 7) is 1.91. The van der Waals surface area contributed by atoms with E-state index in [0.717, 1.165) is 11.1 Å². The van der Waals surface area contributed by atoms with Gasteiger partial charge in [0.25, 0.3) is 0 Å². The molecule has 0 radical (unpaired) electrons. The molecule has 0 N–H and O–H groups in total. The van der Waals surface area contributed by atoms with E-state index in [4.69, 9.17) is 23.2 Å². The zero-order valence-electron chi connectivity index (χ0n) is 11.2. The van der Waals surface area contributed by atoms with E-state index in [1.54, 1.807) is 24.3 Å². The third-order valence-corrected chi connectivity index (χ3v) is 3.67. The molecule has 0 heterocycles. The number of hydrogen-bond donors (Lipinski definition) is 0. The first-order chi connectivity index (χ1) is 10.0. The minimum Gasteiger partial charge on any atom is -0.288 e. The van der Waals surface area contributed by atoms with Gasteiger partial charge in [0.15, 0.2) is 0 Å². The predicted molar refractivity (Wildman–Crippen MR) is 85.6 cm³/mol. The van der Waals surface area contributed by atoms with Crippen LogP contribution >= 0.6 is 23.2 Å². The van der Waals surface area contributed by atoms with Crippen molar-refractivity contribution >= 4 is 35.1 Å². The first-order valence-electron chi connectivity index (χ1n) is 6.20. The van der Waals surface area contributed by atoms with Gasteiger partial charge in [-0.2, -0.15) is 5.26 Å². The number of Topliss-reactive ketones (excluding diaryl/α,β-unsaturated/α-hetero) is 1. The summed E-state index contributed by atoms with van der Waals surface area (Å²) >= 11 is 12.0. The van der Waals surface area contributed by atoms with Crippen molar-refractivity contribution in [1.29, 1.82) is 5.26 Å². The lowest BCUT2D eigenvalue weighted by Gasteiger charge is -2.05. The molecule has 2 nitrogen and oxygen atoms in total. The van der Waals surface area contributed by atoms with E-state index in [0.29, 0.717) is 0 Å². The second kappa shape index (κ2) is 6.58. The molecule has 0 bridgehead atoms. The first kappa shape index (κ1) is 15.3. The summed E-state index contributed by atoms with van der Waals surface area (Å²) in [4.78, 5) is 12.5. The normalized spacial score (nSPS) is 11.0. The molecule has 0 aliphatic carbocycles. The van der Waals surface area contributed by atoms with E-state index >= 15 is 0 Å². The number of ketones is 1. The van der Waals surface area contributed by atoms with Crippen LogP contribution in [-0.2, 0) is 0 Å². The van der Waals surface area contributed by atoms with Crippen LogP contribution in [0.2, 0.25) is 10.0 Å². The summed E-state index contributed by atoms with van der Waals surface area (Å²) in [6.07, 6.45) is 1.55. The largest absolute Gasteiger partial charge is 0.288 e. The van der Waals surface area contributed by atoms with Gasteiger partial charge in [-0.05, 0) is 36.3 Å². The van der Waals surface area contributed by atoms with Gasteiger partial charge in [0.2, 0.25) is 5.78 Å². The number of carbonyl (C=O) groups is 1. The van der Waals surface area contributed by atoms with Crippen LogP contribution in [-0.4, -0.2) is 5.78 Å². The fourth-order valence-electron chi connectivity index (χ4n) is 1.90. The molecule has 0 fully saturated rings. The first-order valence-corrected chi connectivity index (χ1v) is 6.96. The molecule has 2 rings (SSSR count). The third kappa shape index (κ3) is 3.33. The molecular weight excluding hydrogens is 305 g/mol. The molecule has 0 amide bonds. The zero-order chi connectivity index (χ0) is 15.4. The molecule has 4 heteroatoms. The molecule has 2 aromatic carbocycles. The molecule has 21 heavy (non-hydrogen) atoms. The average Bonchev–Trinajstić information content (AvgIpc) is 2.46. The smallest absolute Gasteiger partial charge is 0.206 e. The van der Waals surface area contributed by atoms with Crippen molar-refractivity contribution in [3.05, 3.63) is 74.8 Å². The average molecular weight is 316 g/mol. The van der Waals surface area contributed by atoms with Crippen molar-refractivity contribution < 1.29 is 4.79 Å². The quantitative estimate of drug-likeness (QED) is 0.449. The van der Waals surface area contributed by atoms with Crippen molar-refractivity contribution in [2.45, 2.75) is 6.92 Å². The highest BCUT2D eigenvalue weighted by molar-refractivity contribution is 6.41. The molecule has 2 aromatic rings. The topological polar surface area (TPSA) is 40.9 Å². The van der Waals surface area contributed by atoms with Gasteiger partial charge in [-0.3, -0.25) is 4.79 Å². The number of benzene rings is 2. The Kier molecular flexibility index (Phi) is 4.80. The van der Waals surface area contributed by atoms with Gasteiger partial charge in [-0.1, -0.05) is 53.5 Å². The molecule has 0 aliphatic rings. The van der Waals surface area contributed by atoms with E-state index in [-0.39, 0.29) is 21.2 Å². The Balaban J connectivity index is 2.51. The Labute approximate surface area is 133 Å². The predicted octanol–water partition coefficient (Wildman–Crippen LogP) is 5.09. The van der Waals surface area contributed by atoms with Crippen molar-refractivity contribution in [3.8, 4) is 6.07 Å². The van der Waals surface area contributed by atoms with Crippen LogP contribution in [0.25, 0.3) is 6.08 Å². The molecule has 104 valence electrons. The fourth-order valence-corrected chi connectivity index (χ4v) is 2.47. The maximum atomic E-state index is 12.5. The van der Waals surface area contributed by atoms with Gasteiger partial charge in [0, 0.05) is 0 Å². The van der Waals surface area contributed by atoms with E-state index in [2.05, 4.69) is 0 Å². The highest BCUT2D eigenvalue weighted by atomic mass is 35.5. The van der Waals surface area contributed by atoms with Crippen molar-refractivity contribution in [2.75, 3.05) is 0 Å². The van der Waals surface area contributed by atoms with Gasteiger partial charge >= 0.3 is 0 Å². The molecule has 0 saturated carbocycles. The van der Waals surface area contributed by atoms with Gasteiger partial charge in [-0.15, -0.1) is 0 Å². The summed E-state index contributed by atoms with van der Waals surface area (Å²) < 4.78 is 0. The SMILES string of the molecule is Cc1ccccc1/C=C(\C#N)C(=O)c1c(Cl)cccc1Cl. The summed E-state index contributed by atoms with van der Waals surface area (Å²) in [5, 5.41) is 9.74. The highest BCUT2D eigenvalue weighted by Gasteiger charge is 2.18.